The highest BCUT2D eigenvalue weighted by atomic mass is 16.2. The molecule has 10 heteroatoms. The Morgan fingerprint density at radius 1 is 1.07 bits per heavy atom. The Morgan fingerprint density at radius 2 is 1.73 bits per heavy atom. The van der Waals surface area contributed by atoms with Crippen molar-refractivity contribution in [2.45, 2.75) is 12.5 Å². The van der Waals surface area contributed by atoms with E-state index in [1.807, 2.05) is 11.0 Å². The van der Waals surface area contributed by atoms with Crippen molar-refractivity contribution < 1.29 is 14.4 Å². The van der Waals surface area contributed by atoms with Crippen LogP contribution >= 0.6 is 0 Å². The minimum Gasteiger partial charge on any atom is -0.338 e. The molecule has 4 rings (SSSR count). The van der Waals surface area contributed by atoms with E-state index < -0.39 is 23.4 Å². The smallest absolute Gasteiger partial charge is 0.338 e. The molecule has 10 nitrogen and oxygen atoms in total. The van der Waals surface area contributed by atoms with E-state index in [0.717, 1.165) is 5.01 Å². The van der Waals surface area contributed by atoms with Gasteiger partial charge in [-0.3, -0.25) is 19.9 Å². The minimum absolute atomic E-state index is 0.0859. The number of carbonyl (C=O) groups is 3. The maximum Gasteiger partial charge on any atom is 0.344 e. The van der Waals surface area contributed by atoms with Gasteiger partial charge in [0, 0.05) is 38.6 Å². The van der Waals surface area contributed by atoms with Gasteiger partial charge in [0.2, 0.25) is 5.95 Å². The van der Waals surface area contributed by atoms with E-state index in [4.69, 9.17) is 0 Å². The second kappa shape index (κ2) is 8.07. The molecule has 0 saturated carbocycles. The van der Waals surface area contributed by atoms with Crippen molar-refractivity contribution in [3.63, 3.8) is 0 Å². The Bertz CT molecular complexity index is 932. The number of rotatable bonds is 5. The molecule has 2 aliphatic heterocycles. The fraction of sp³-hybridized carbons (Fsp3) is 0.350. The van der Waals surface area contributed by atoms with Gasteiger partial charge in [0.15, 0.2) is 0 Å². The number of urea groups is 1. The van der Waals surface area contributed by atoms with E-state index in [1.165, 1.54) is 0 Å². The van der Waals surface area contributed by atoms with Crippen LogP contribution < -0.4 is 15.6 Å². The molecule has 2 saturated heterocycles. The standard InChI is InChI=1S/C20H23N7O3/c1-20(15-6-3-2-4-7-15)17(29)27(19(30)23-20)24-16(28)14-25-10-12-26(13-11-25)18-21-8-5-9-22-18/h2-9H,10-14H2,1H3,(H,23,30)(H,24,28)/t20-/m0/s1. The molecule has 4 amide bonds. The van der Waals surface area contributed by atoms with Gasteiger partial charge in [-0.15, -0.1) is 0 Å². The molecular formula is C20H23N7O3. The third-order valence-corrected chi connectivity index (χ3v) is 5.35. The molecule has 3 heterocycles. The summed E-state index contributed by atoms with van der Waals surface area (Å²) in [6.45, 7) is 4.38. The van der Waals surface area contributed by atoms with Crippen molar-refractivity contribution in [3.8, 4) is 0 Å². The lowest BCUT2D eigenvalue weighted by Gasteiger charge is -2.34. The van der Waals surface area contributed by atoms with Crippen molar-refractivity contribution in [1.82, 2.24) is 30.6 Å². The van der Waals surface area contributed by atoms with Crippen LogP contribution in [0.4, 0.5) is 10.7 Å². The minimum atomic E-state index is -1.22. The van der Waals surface area contributed by atoms with E-state index in [1.54, 1.807) is 49.6 Å². The molecule has 30 heavy (non-hydrogen) atoms. The van der Waals surface area contributed by atoms with Gasteiger partial charge >= 0.3 is 6.03 Å². The third kappa shape index (κ3) is 3.81. The average molecular weight is 409 g/mol. The quantitative estimate of drug-likeness (QED) is 0.674. The molecule has 1 aromatic carbocycles. The Labute approximate surface area is 173 Å². The summed E-state index contributed by atoms with van der Waals surface area (Å²) in [6.07, 6.45) is 3.40. The van der Waals surface area contributed by atoms with Crippen LogP contribution in [-0.4, -0.2) is 70.4 Å². The SMILES string of the molecule is C[C@@]1(c2ccccc2)NC(=O)N(NC(=O)CN2CCN(c3ncccn3)CC2)C1=O. The summed E-state index contributed by atoms with van der Waals surface area (Å²) in [4.78, 5) is 50.2. The topological polar surface area (TPSA) is 111 Å². The van der Waals surface area contributed by atoms with Crippen LogP contribution in [0.2, 0.25) is 0 Å². The van der Waals surface area contributed by atoms with Crippen LogP contribution in [0.3, 0.4) is 0 Å². The number of anilines is 1. The average Bonchev–Trinajstić information content (AvgIpc) is 2.99. The predicted octanol–water partition coefficient (Wildman–Crippen LogP) is 0.0970. The van der Waals surface area contributed by atoms with Crippen molar-refractivity contribution in [2.24, 2.45) is 0 Å². The molecule has 0 radical (unpaired) electrons. The van der Waals surface area contributed by atoms with Gasteiger partial charge in [-0.05, 0) is 18.6 Å². The lowest BCUT2D eigenvalue weighted by atomic mass is 9.92. The van der Waals surface area contributed by atoms with Crippen molar-refractivity contribution in [1.29, 1.82) is 0 Å². The molecule has 2 aliphatic rings. The summed E-state index contributed by atoms with van der Waals surface area (Å²) in [6, 6.07) is 10.1. The molecule has 0 bridgehead atoms. The van der Waals surface area contributed by atoms with Gasteiger partial charge in [0.25, 0.3) is 11.8 Å². The van der Waals surface area contributed by atoms with Crippen LogP contribution in [0.1, 0.15) is 12.5 Å². The predicted molar refractivity (Wildman–Crippen MR) is 108 cm³/mol. The Morgan fingerprint density at radius 3 is 2.40 bits per heavy atom. The van der Waals surface area contributed by atoms with Crippen LogP contribution in [0.25, 0.3) is 0 Å². The van der Waals surface area contributed by atoms with Crippen LogP contribution in [-0.2, 0) is 15.1 Å². The summed E-state index contributed by atoms with van der Waals surface area (Å²) in [5.41, 5.74) is 1.88. The van der Waals surface area contributed by atoms with E-state index in [0.29, 0.717) is 37.7 Å². The maximum absolute atomic E-state index is 12.9. The van der Waals surface area contributed by atoms with Crippen LogP contribution in [0, 0.1) is 0 Å². The first-order valence-corrected chi connectivity index (χ1v) is 9.73. The lowest BCUT2D eigenvalue weighted by Crippen LogP contribution is -2.54. The van der Waals surface area contributed by atoms with Gasteiger partial charge in [-0.1, -0.05) is 30.3 Å². The molecule has 2 aromatic rings. The third-order valence-electron chi connectivity index (χ3n) is 5.35. The highest BCUT2D eigenvalue weighted by Gasteiger charge is 2.50. The number of imide groups is 1. The number of nitrogens with zero attached hydrogens (tertiary/aromatic N) is 5. The van der Waals surface area contributed by atoms with Gasteiger partial charge in [0.1, 0.15) is 5.54 Å². The molecule has 0 aliphatic carbocycles. The zero-order valence-corrected chi connectivity index (χ0v) is 16.6. The number of aromatic nitrogens is 2. The zero-order valence-electron chi connectivity index (χ0n) is 16.6. The normalized spacial score (nSPS) is 22.2. The molecule has 156 valence electrons. The summed E-state index contributed by atoms with van der Waals surface area (Å²) in [7, 11) is 0. The number of hydrogen-bond donors (Lipinski definition) is 2. The highest BCUT2D eigenvalue weighted by Crippen LogP contribution is 2.27. The number of hydrazine groups is 1. The fourth-order valence-electron chi connectivity index (χ4n) is 3.63. The first kappa shape index (κ1) is 19.8. The molecule has 2 N–H and O–H groups in total. The molecule has 1 atom stereocenters. The number of carbonyl (C=O) groups excluding carboxylic acids is 3. The monoisotopic (exact) mass is 409 g/mol. The number of amides is 4. The van der Waals surface area contributed by atoms with E-state index >= 15 is 0 Å². The largest absolute Gasteiger partial charge is 0.344 e. The fourth-order valence-corrected chi connectivity index (χ4v) is 3.63. The molecule has 0 unspecified atom stereocenters. The van der Waals surface area contributed by atoms with Crippen molar-refractivity contribution in [2.75, 3.05) is 37.6 Å². The number of hydrogen-bond acceptors (Lipinski definition) is 7. The van der Waals surface area contributed by atoms with Gasteiger partial charge in [0.05, 0.1) is 6.54 Å². The van der Waals surface area contributed by atoms with Gasteiger partial charge in [-0.2, -0.15) is 5.01 Å². The van der Waals surface area contributed by atoms with Gasteiger partial charge in [-0.25, -0.2) is 14.8 Å². The van der Waals surface area contributed by atoms with E-state index in [-0.39, 0.29) is 6.54 Å². The first-order chi connectivity index (χ1) is 14.5. The molecule has 2 fully saturated rings. The maximum atomic E-state index is 12.9. The van der Waals surface area contributed by atoms with Crippen molar-refractivity contribution >= 4 is 23.8 Å². The summed E-state index contributed by atoms with van der Waals surface area (Å²) in [5, 5.41) is 3.44. The summed E-state index contributed by atoms with van der Waals surface area (Å²) in [5.74, 6) is -0.264. The molecule has 1 aromatic heterocycles. The van der Waals surface area contributed by atoms with Crippen LogP contribution in [0.5, 0.6) is 0 Å². The summed E-state index contributed by atoms with van der Waals surface area (Å²) >= 11 is 0. The lowest BCUT2D eigenvalue weighted by molar-refractivity contribution is -0.139. The summed E-state index contributed by atoms with van der Waals surface area (Å²) < 4.78 is 0. The number of nitrogens with one attached hydrogen (secondary N) is 2. The Balaban J connectivity index is 1.32. The Hall–Kier alpha value is -3.53. The molecule has 0 spiro atoms. The Kier molecular flexibility index (Phi) is 5.32. The first-order valence-electron chi connectivity index (χ1n) is 9.73. The van der Waals surface area contributed by atoms with E-state index in [2.05, 4.69) is 25.6 Å². The van der Waals surface area contributed by atoms with E-state index in [9.17, 15) is 14.4 Å². The molecular weight excluding hydrogens is 386 g/mol. The second-order valence-corrected chi connectivity index (χ2v) is 7.41. The van der Waals surface area contributed by atoms with Crippen molar-refractivity contribution in [3.05, 3.63) is 54.4 Å². The number of benzene rings is 1. The zero-order chi connectivity index (χ0) is 21.1. The second-order valence-electron chi connectivity index (χ2n) is 7.41. The number of piperazine rings is 1. The van der Waals surface area contributed by atoms with Crippen LogP contribution in [0.15, 0.2) is 48.8 Å². The highest BCUT2D eigenvalue weighted by molar-refractivity contribution is 6.08. The van der Waals surface area contributed by atoms with Gasteiger partial charge < -0.3 is 10.2 Å².